The number of nitrogens with one attached hydrogen (secondary N) is 1. The van der Waals surface area contributed by atoms with Crippen molar-refractivity contribution in [1.82, 2.24) is 10.3 Å². The van der Waals surface area contributed by atoms with E-state index in [0.717, 1.165) is 36.5 Å². The average molecular weight is 246 g/mol. The van der Waals surface area contributed by atoms with Gasteiger partial charge in [0.15, 0.2) is 11.5 Å². The molecule has 1 fully saturated rings. The largest absolute Gasteiger partial charge is 0.493 e. The van der Waals surface area contributed by atoms with Crippen LogP contribution in [0.15, 0.2) is 22.6 Å². The molecule has 2 heterocycles. The smallest absolute Gasteiger partial charge is 0.192 e. The number of fused-ring (bicyclic) bond motifs is 1. The average Bonchev–Trinajstić information content (AvgIpc) is 2.77. The van der Waals surface area contributed by atoms with E-state index >= 15 is 0 Å². The SMILES string of the molecule is Cc1nc2cc(OCC3CCCNC3)ccc2o1. The van der Waals surface area contributed by atoms with E-state index in [0.29, 0.717) is 11.8 Å². The van der Waals surface area contributed by atoms with Crippen molar-refractivity contribution in [3.63, 3.8) is 0 Å². The van der Waals surface area contributed by atoms with Crippen molar-refractivity contribution >= 4 is 11.1 Å². The number of benzene rings is 1. The summed E-state index contributed by atoms with van der Waals surface area (Å²) in [5.74, 6) is 2.19. The zero-order chi connectivity index (χ0) is 12.4. The summed E-state index contributed by atoms with van der Waals surface area (Å²) in [6, 6.07) is 5.81. The lowest BCUT2D eigenvalue weighted by Crippen LogP contribution is -2.33. The van der Waals surface area contributed by atoms with Crippen molar-refractivity contribution in [1.29, 1.82) is 0 Å². The molecule has 3 rings (SSSR count). The van der Waals surface area contributed by atoms with Gasteiger partial charge in [-0.25, -0.2) is 4.98 Å². The Morgan fingerprint density at radius 2 is 2.44 bits per heavy atom. The van der Waals surface area contributed by atoms with Gasteiger partial charge in [0.05, 0.1) is 6.61 Å². The van der Waals surface area contributed by atoms with Crippen molar-refractivity contribution in [3.8, 4) is 5.75 Å². The number of aromatic nitrogens is 1. The van der Waals surface area contributed by atoms with Gasteiger partial charge in [0.25, 0.3) is 0 Å². The van der Waals surface area contributed by atoms with Crippen molar-refractivity contribution in [2.24, 2.45) is 5.92 Å². The molecule has 1 aliphatic heterocycles. The first-order valence-corrected chi connectivity index (χ1v) is 6.52. The lowest BCUT2D eigenvalue weighted by Gasteiger charge is -2.22. The Bertz CT molecular complexity index is 530. The molecular formula is C14H18N2O2. The zero-order valence-electron chi connectivity index (χ0n) is 10.6. The van der Waals surface area contributed by atoms with Gasteiger partial charge in [-0.2, -0.15) is 0 Å². The minimum Gasteiger partial charge on any atom is -0.493 e. The second-order valence-electron chi connectivity index (χ2n) is 4.89. The number of piperidine rings is 1. The van der Waals surface area contributed by atoms with E-state index in [1.807, 2.05) is 25.1 Å². The highest BCUT2D eigenvalue weighted by Crippen LogP contribution is 2.22. The van der Waals surface area contributed by atoms with Crippen molar-refractivity contribution in [2.75, 3.05) is 19.7 Å². The number of aryl methyl sites for hydroxylation is 1. The molecular weight excluding hydrogens is 228 g/mol. The third kappa shape index (κ3) is 2.48. The van der Waals surface area contributed by atoms with Crippen LogP contribution in [0.25, 0.3) is 11.1 Å². The van der Waals surface area contributed by atoms with Crippen LogP contribution >= 0.6 is 0 Å². The summed E-state index contributed by atoms with van der Waals surface area (Å²) in [5, 5.41) is 3.40. The second kappa shape index (κ2) is 4.98. The predicted molar refractivity (Wildman–Crippen MR) is 69.8 cm³/mol. The number of rotatable bonds is 3. The van der Waals surface area contributed by atoms with Gasteiger partial charge in [0.1, 0.15) is 11.3 Å². The third-order valence-electron chi connectivity index (χ3n) is 3.35. The summed E-state index contributed by atoms with van der Waals surface area (Å²) < 4.78 is 11.3. The Kier molecular flexibility index (Phi) is 3.19. The molecule has 96 valence electrons. The fourth-order valence-electron chi connectivity index (χ4n) is 2.39. The normalized spacial score (nSPS) is 20.2. The van der Waals surface area contributed by atoms with Gasteiger partial charge in [0.2, 0.25) is 0 Å². The Balaban J connectivity index is 1.66. The molecule has 1 atom stereocenters. The Morgan fingerprint density at radius 3 is 3.28 bits per heavy atom. The predicted octanol–water partition coefficient (Wildman–Crippen LogP) is 2.51. The second-order valence-corrected chi connectivity index (χ2v) is 4.89. The van der Waals surface area contributed by atoms with Gasteiger partial charge in [-0.1, -0.05) is 0 Å². The van der Waals surface area contributed by atoms with Crippen LogP contribution in [-0.4, -0.2) is 24.7 Å². The number of oxazole rings is 1. The van der Waals surface area contributed by atoms with Gasteiger partial charge in [-0.3, -0.25) is 0 Å². The molecule has 1 aromatic carbocycles. The summed E-state index contributed by atoms with van der Waals surface area (Å²) in [5.41, 5.74) is 1.69. The Hall–Kier alpha value is -1.55. The van der Waals surface area contributed by atoms with E-state index < -0.39 is 0 Å². The van der Waals surface area contributed by atoms with Crippen molar-refractivity contribution < 1.29 is 9.15 Å². The number of hydrogen-bond donors (Lipinski definition) is 1. The van der Waals surface area contributed by atoms with Crippen LogP contribution in [0.2, 0.25) is 0 Å². The molecule has 1 N–H and O–H groups in total. The maximum atomic E-state index is 5.84. The highest BCUT2D eigenvalue weighted by molar-refractivity contribution is 5.74. The van der Waals surface area contributed by atoms with Gasteiger partial charge in [-0.05, 0) is 31.5 Å². The van der Waals surface area contributed by atoms with E-state index in [-0.39, 0.29) is 0 Å². The van der Waals surface area contributed by atoms with E-state index in [1.54, 1.807) is 0 Å². The van der Waals surface area contributed by atoms with Gasteiger partial charge in [-0.15, -0.1) is 0 Å². The van der Waals surface area contributed by atoms with Crippen LogP contribution in [0.4, 0.5) is 0 Å². The van der Waals surface area contributed by atoms with Crippen molar-refractivity contribution in [3.05, 3.63) is 24.1 Å². The monoisotopic (exact) mass is 246 g/mol. The first-order chi connectivity index (χ1) is 8.81. The summed E-state index contributed by atoms with van der Waals surface area (Å²) in [7, 11) is 0. The van der Waals surface area contributed by atoms with Crippen LogP contribution in [0, 0.1) is 12.8 Å². The fourth-order valence-corrected chi connectivity index (χ4v) is 2.39. The summed E-state index contributed by atoms with van der Waals surface area (Å²) >= 11 is 0. The maximum Gasteiger partial charge on any atom is 0.192 e. The van der Waals surface area contributed by atoms with Crippen molar-refractivity contribution in [2.45, 2.75) is 19.8 Å². The minimum absolute atomic E-state index is 0.619. The number of ether oxygens (including phenoxy) is 1. The maximum absolute atomic E-state index is 5.84. The molecule has 18 heavy (non-hydrogen) atoms. The van der Waals surface area contributed by atoms with E-state index in [2.05, 4.69) is 10.3 Å². The van der Waals surface area contributed by atoms with Gasteiger partial charge in [0, 0.05) is 25.5 Å². The molecule has 0 aliphatic carbocycles. The third-order valence-corrected chi connectivity index (χ3v) is 3.35. The lowest BCUT2D eigenvalue weighted by atomic mass is 10.0. The van der Waals surface area contributed by atoms with Gasteiger partial charge >= 0.3 is 0 Å². The summed E-state index contributed by atoms with van der Waals surface area (Å²) in [6.07, 6.45) is 2.49. The lowest BCUT2D eigenvalue weighted by molar-refractivity contribution is 0.218. The summed E-state index contributed by atoms with van der Waals surface area (Å²) in [4.78, 5) is 4.31. The molecule has 2 aromatic rings. The van der Waals surface area contributed by atoms with Crippen LogP contribution in [-0.2, 0) is 0 Å². The van der Waals surface area contributed by atoms with Crippen LogP contribution in [0.1, 0.15) is 18.7 Å². The minimum atomic E-state index is 0.619. The first kappa shape index (κ1) is 11.5. The molecule has 0 saturated carbocycles. The fraction of sp³-hybridized carbons (Fsp3) is 0.500. The molecule has 0 spiro atoms. The van der Waals surface area contributed by atoms with Gasteiger partial charge < -0.3 is 14.5 Å². The molecule has 1 aromatic heterocycles. The summed E-state index contributed by atoms with van der Waals surface area (Å²) in [6.45, 7) is 4.83. The van der Waals surface area contributed by atoms with Crippen LogP contribution in [0.5, 0.6) is 5.75 Å². The van der Waals surface area contributed by atoms with Crippen LogP contribution < -0.4 is 10.1 Å². The topological polar surface area (TPSA) is 47.3 Å². The first-order valence-electron chi connectivity index (χ1n) is 6.52. The molecule has 4 nitrogen and oxygen atoms in total. The van der Waals surface area contributed by atoms with Crippen LogP contribution in [0.3, 0.4) is 0 Å². The molecule has 0 amide bonds. The van der Waals surface area contributed by atoms with E-state index in [1.165, 1.54) is 12.8 Å². The highest BCUT2D eigenvalue weighted by atomic mass is 16.5. The quantitative estimate of drug-likeness (QED) is 0.904. The van der Waals surface area contributed by atoms with E-state index in [9.17, 15) is 0 Å². The molecule has 0 radical (unpaired) electrons. The van der Waals surface area contributed by atoms with E-state index in [4.69, 9.17) is 9.15 Å². The molecule has 0 bridgehead atoms. The molecule has 1 saturated heterocycles. The molecule has 4 heteroatoms. The molecule has 1 aliphatic rings. The zero-order valence-corrected chi connectivity index (χ0v) is 10.6. The highest BCUT2D eigenvalue weighted by Gasteiger charge is 2.13. The molecule has 1 unspecified atom stereocenters. The Morgan fingerprint density at radius 1 is 1.50 bits per heavy atom. The standard InChI is InChI=1S/C14H18N2O2/c1-10-16-13-7-12(4-5-14(13)18-10)17-9-11-3-2-6-15-8-11/h4-5,7,11,15H,2-3,6,8-9H2,1H3. The number of hydrogen-bond acceptors (Lipinski definition) is 4. The Labute approximate surface area is 106 Å². The number of nitrogens with zero attached hydrogens (tertiary/aromatic N) is 1.